The Balaban J connectivity index is 2.28. The first-order valence-electron chi connectivity index (χ1n) is 8.63. The van der Waals surface area contributed by atoms with E-state index in [0.717, 1.165) is 11.3 Å². The Bertz CT molecular complexity index is 867. The van der Waals surface area contributed by atoms with Gasteiger partial charge in [-0.3, -0.25) is 14.2 Å². The molecule has 0 aliphatic heterocycles. The van der Waals surface area contributed by atoms with Gasteiger partial charge in [-0.1, -0.05) is 27.7 Å². The monoisotopic (exact) mass is 379 g/mol. The number of nitrogens with zero attached hydrogens (tertiary/aromatic N) is 2. The van der Waals surface area contributed by atoms with Crippen molar-refractivity contribution in [3.05, 3.63) is 27.1 Å². The summed E-state index contributed by atoms with van der Waals surface area (Å²) >= 11 is 1.14. The molecule has 0 aliphatic rings. The summed E-state index contributed by atoms with van der Waals surface area (Å²) in [7, 11) is 0. The fourth-order valence-electron chi connectivity index (χ4n) is 2.30. The van der Waals surface area contributed by atoms with E-state index < -0.39 is 5.97 Å². The number of fused-ring (bicyclic) bond motifs is 1. The van der Waals surface area contributed by atoms with Crippen LogP contribution in [0.1, 0.15) is 42.9 Å². The summed E-state index contributed by atoms with van der Waals surface area (Å²) in [4.78, 5) is 42.1. The number of aryl methyl sites for hydroxylation is 1. The number of esters is 1. The fourth-order valence-corrected chi connectivity index (χ4v) is 3.34. The smallest absolute Gasteiger partial charge is 0.348 e. The summed E-state index contributed by atoms with van der Waals surface area (Å²) in [5.74, 6) is -0.130. The van der Waals surface area contributed by atoms with E-state index in [4.69, 9.17) is 4.74 Å². The van der Waals surface area contributed by atoms with Crippen LogP contribution in [0.2, 0.25) is 0 Å². The van der Waals surface area contributed by atoms with Crippen molar-refractivity contribution in [2.45, 2.75) is 41.2 Å². The lowest BCUT2D eigenvalue weighted by molar-refractivity contribution is -0.121. The van der Waals surface area contributed by atoms with E-state index in [0.29, 0.717) is 39.7 Å². The first-order chi connectivity index (χ1) is 12.2. The molecule has 2 aromatic heterocycles. The van der Waals surface area contributed by atoms with Crippen LogP contribution in [0.25, 0.3) is 10.2 Å². The molecule has 0 aliphatic carbocycles. The predicted molar refractivity (Wildman–Crippen MR) is 102 cm³/mol. The molecule has 1 N–H and O–H groups in total. The first kappa shape index (κ1) is 20.1. The molecule has 0 saturated carbocycles. The minimum atomic E-state index is -0.445. The molecule has 8 heteroatoms. The number of carbonyl (C=O) groups is 2. The topological polar surface area (TPSA) is 90.3 Å². The molecule has 0 atom stereocenters. The lowest BCUT2D eigenvalue weighted by atomic mass is 10.2. The molecule has 0 aromatic carbocycles. The molecule has 7 nitrogen and oxygen atoms in total. The van der Waals surface area contributed by atoms with Crippen LogP contribution in [0.4, 0.5) is 0 Å². The van der Waals surface area contributed by atoms with Crippen molar-refractivity contribution in [2.75, 3.05) is 13.2 Å². The largest absolute Gasteiger partial charge is 0.461 e. The quantitative estimate of drug-likeness (QED) is 0.746. The summed E-state index contributed by atoms with van der Waals surface area (Å²) in [5, 5.41) is 3.14. The molecule has 0 bridgehead atoms. The molecule has 142 valence electrons. The minimum absolute atomic E-state index is 0.100. The number of amides is 1. The van der Waals surface area contributed by atoms with Gasteiger partial charge in [0.2, 0.25) is 5.91 Å². The van der Waals surface area contributed by atoms with Crippen molar-refractivity contribution in [1.82, 2.24) is 14.9 Å². The molecule has 2 rings (SSSR count). The molecular formula is C18H25N3O4S. The van der Waals surface area contributed by atoms with E-state index in [9.17, 15) is 14.4 Å². The van der Waals surface area contributed by atoms with Crippen molar-refractivity contribution < 1.29 is 14.3 Å². The number of rotatable bonds is 7. The van der Waals surface area contributed by atoms with Crippen molar-refractivity contribution in [1.29, 1.82) is 0 Å². The summed E-state index contributed by atoms with van der Waals surface area (Å²) < 4.78 is 6.52. The number of aromatic nitrogens is 2. The lowest BCUT2D eigenvalue weighted by Gasteiger charge is -2.09. The van der Waals surface area contributed by atoms with Gasteiger partial charge in [0.05, 0.1) is 18.3 Å². The molecule has 0 fully saturated rings. The van der Waals surface area contributed by atoms with Gasteiger partial charge in [-0.25, -0.2) is 9.78 Å². The third kappa shape index (κ3) is 4.69. The number of thiophene rings is 1. The third-order valence-corrected chi connectivity index (χ3v) is 4.85. The number of nitrogens with one attached hydrogen (secondary N) is 1. The third-order valence-electron chi connectivity index (χ3n) is 3.67. The average Bonchev–Trinajstić information content (AvgIpc) is 2.91. The zero-order chi connectivity index (χ0) is 19.4. The van der Waals surface area contributed by atoms with Crippen LogP contribution in [-0.2, 0) is 16.1 Å². The highest BCUT2D eigenvalue weighted by molar-refractivity contribution is 7.20. The molecule has 2 heterocycles. The van der Waals surface area contributed by atoms with Gasteiger partial charge >= 0.3 is 5.97 Å². The van der Waals surface area contributed by atoms with Crippen molar-refractivity contribution in [3.8, 4) is 0 Å². The molecule has 1 amide bonds. The molecule has 0 spiro atoms. The Labute approximate surface area is 156 Å². The highest BCUT2D eigenvalue weighted by atomic mass is 32.1. The average molecular weight is 379 g/mol. The maximum atomic E-state index is 12.7. The molecular weight excluding hydrogens is 354 g/mol. The van der Waals surface area contributed by atoms with Crippen LogP contribution in [0.15, 0.2) is 11.1 Å². The fraction of sp³-hybridized carbons (Fsp3) is 0.556. The number of hydrogen-bond donors (Lipinski definition) is 1. The highest BCUT2D eigenvalue weighted by Gasteiger charge is 2.21. The number of hydrogen-bond acceptors (Lipinski definition) is 6. The van der Waals surface area contributed by atoms with Gasteiger partial charge in [0, 0.05) is 6.54 Å². The van der Waals surface area contributed by atoms with Gasteiger partial charge in [-0.2, -0.15) is 0 Å². The van der Waals surface area contributed by atoms with E-state index in [-0.39, 0.29) is 23.9 Å². The highest BCUT2D eigenvalue weighted by Crippen LogP contribution is 2.27. The zero-order valence-electron chi connectivity index (χ0n) is 15.8. The van der Waals surface area contributed by atoms with Gasteiger partial charge in [0.25, 0.3) is 5.56 Å². The second-order valence-corrected chi connectivity index (χ2v) is 8.10. The van der Waals surface area contributed by atoms with Crippen molar-refractivity contribution in [2.24, 2.45) is 11.8 Å². The van der Waals surface area contributed by atoms with Crippen LogP contribution < -0.4 is 10.9 Å². The standard InChI is InChI=1S/C18H25N3O4S/c1-10(2)6-19-13(22)7-21-9-20-16-14(17(21)23)12(5)15(26-16)18(24)25-8-11(3)4/h9-11H,6-8H2,1-5H3,(H,19,22). The maximum absolute atomic E-state index is 12.7. The second kappa shape index (κ2) is 8.44. The molecule has 2 aromatic rings. The molecule has 26 heavy (non-hydrogen) atoms. The second-order valence-electron chi connectivity index (χ2n) is 7.10. The molecule has 0 saturated heterocycles. The number of carbonyl (C=O) groups excluding carboxylic acids is 2. The minimum Gasteiger partial charge on any atom is -0.461 e. The zero-order valence-corrected chi connectivity index (χ0v) is 16.6. The first-order valence-corrected chi connectivity index (χ1v) is 9.44. The van der Waals surface area contributed by atoms with Gasteiger partial charge in [-0.15, -0.1) is 11.3 Å². The summed E-state index contributed by atoms with van der Waals surface area (Å²) in [6.45, 7) is 10.4. The van der Waals surface area contributed by atoms with Gasteiger partial charge in [0.1, 0.15) is 16.3 Å². The summed E-state index contributed by atoms with van der Waals surface area (Å²) in [6.07, 6.45) is 1.35. The normalized spacial score (nSPS) is 11.3. The summed E-state index contributed by atoms with van der Waals surface area (Å²) in [5.41, 5.74) is 0.222. The van der Waals surface area contributed by atoms with Crippen molar-refractivity contribution in [3.63, 3.8) is 0 Å². The van der Waals surface area contributed by atoms with Crippen LogP contribution in [0.3, 0.4) is 0 Å². The Morgan fingerprint density at radius 3 is 2.58 bits per heavy atom. The van der Waals surface area contributed by atoms with Crippen LogP contribution >= 0.6 is 11.3 Å². The Kier molecular flexibility index (Phi) is 6.52. The predicted octanol–water partition coefficient (Wildman–Crippen LogP) is 2.35. The van der Waals surface area contributed by atoms with E-state index in [1.807, 2.05) is 27.7 Å². The Morgan fingerprint density at radius 2 is 1.96 bits per heavy atom. The van der Waals surface area contributed by atoms with Crippen molar-refractivity contribution >= 4 is 33.4 Å². The van der Waals surface area contributed by atoms with E-state index in [1.165, 1.54) is 10.9 Å². The lowest BCUT2D eigenvalue weighted by Crippen LogP contribution is -2.34. The Morgan fingerprint density at radius 1 is 1.27 bits per heavy atom. The van der Waals surface area contributed by atoms with E-state index in [1.54, 1.807) is 6.92 Å². The molecule has 0 radical (unpaired) electrons. The summed E-state index contributed by atoms with van der Waals surface area (Å²) in [6, 6.07) is 0. The molecule has 0 unspecified atom stereocenters. The van der Waals surface area contributed by atoms with E-state index >= 15 is 0 Å². The maximum Gasteiger partial charge on any atom is 0.348 e. The van der Waals surface area contributed by atoms with Gasteiger partial charge in [-0.05, 0) is 24.3 Å². The Hall–Kier alpha value is -2.22. The SMILES string of the molecule is Cc1c(C(=O)OCC(C)C)sc2ncn(CC(=O)NCC(C)C)c(=O)c12. The van der Waals surface area contributed by atoms with Crippen LogP contribution in [0, 0.1) is 18.8 Å². The number of ether oxygens (including phenoxy) is 1. The van der Waals surface area contributed by atoms with Crippen LogP contribution in [0.5, 0.6) is 0 Å². The van der Waals surface area contributed by atoms with Crippen LogP contribution in [-0.4, -0.2) is 34.6 Å². The van der Waals surface area contributed by atoms with E-state index in [2.05, 4.69) is 10.3 Å². The van der Waals surface area contributed by atoms with Gasteiger partial charge < -0.3 is 10.1 Å². The van der Waals surface area contributed by atoms with Gasteiger partial charge in [0.15, 0.2) is 0 Å².